The van der Waals surface area contributed by atoms with Crippen LogP contribution in [-0.2, 0) is 19.1 Å². The lowest BCUT2D eigenvalue weighted by atomic mass is 9.96. The maximum Gasteiger partial charge on any atom is 0.311 e. The normalized spacial score (nSPS) is 12.0. The van der Waals surface area contributed by atoms with Crippen molar-refractivity contribution in [1.82, 2.24) is 0 Å². The predicted octanol–water partition coefficient (Wildman–Crippen LogP) is 10.4. The van der Waals surface area contributed by atoms with Crippen LogP contribution >= 0.6 is 0 Å². The maximum absolute atomic E-state index is 12.3. The molecule has 0 saturated carbocycles. The van der Waals surface area contributed by atoms with Crippen molar-refractivity contribution in [3.05, 3.63) is 0 Å². The van der Waals surface area contributed by atoms with Crippen LogP contribution in [0.25, 0.3) is 0 Å². The van der Waals surface area contributed by atoms with Gasteiger partial charge in [-0.15, -0.1) is 0 Å². The van der Waals surface area contributed by atoms with Crippen molar-refractivity contribution in [1.29, 1.82) is 0 Å². The maximum atomic E-state index is 12.3. The van der Waals surface area contributed by atoms with Gasteiger partial charge in [-0.3, -0.25) is 9.59 Å². The van der Waals surface area contributed by atoms with Gasteiger partial charge in [0.05, 0.1) is 12.0 Å². The second-order valence-corrected chi connectivity index (χ2v) is 11.5. The van der Waals surface area contributed by atoms with Gasteiger partial charge in [0.1, 0.15) is 6.10 Å². The molecule has 0 rings (SSSR count). The van der Waals surface area contributed by atoms with E-state index in [1.54, 1.807) is 0 Å². The number of carbonyl (C=O) groups is 2. The molecule has 1 unspecified atom stereocenters. The summed E-state index contributed by atoms with van der Waals surface area (Å²) in [6, 6.07) is 0. The van der Waals surface area contributed by atoms with Crippen LogP contribution in [0.3, 0.4) is 0 Å². The second-order valence-electron chi connectivity index (χ2n) is 11.5. The predicted molar refractivity (Wildman–Crippen MR) is 155 cm³/mol. The molecule has 4 nitrogen and oxygen atoms in total. The van der Waals surface area contributed by atoms with Gasteiger partial charge in [-0.25, -0.2) is 0 Å². The van der Waals surface area contributed by atoms with Crippen LogP contribution < -0.4 is 0 Å². The van der Waals surface area contributed by atoms with Crippen molar-refractivity contribution in [3.8, 4) is 0 Å². The average Bonchev–Trinajstić information content (AvgIpc) is 2.82. The average molecular weight is 513 g/mol. The Morgan fingerprint density at radius 2 is 0.944 bits per heavy atom. The van der Waals surface area contributed by atoms with Crippen molar-refractivity contribution >= 4 is 11.9 Å². The summed E-state index contributed by atoms with van der Waals surface area (Å²) in [6.45, 7) is 14.5. The first-order chi connectivity index (χ1) is 17.2. The molecule has 0 aromatic carbocycles. The summed E-state index contributed by atoms with van der Waals surface area (Å²) in [6.07, 6.45) is 25.4. The smallest absolute Gasteiger partial charge is 0.311 e. The fourth-order valence-corrected chi connectivity index (χ4v) is 3.99. The number of rotatable bonds is 22. The van der Waals surface area contributed by atoms with Gasteiger partial charge in [0.15, 0.2) is 0 Å². The van der Waals surface area contributed by atoms with Crippen LogP contribution in [0.2, 0.25) is 0 Å². The summed E-state index contributed by atoms with van der Waals surface area (Å²) < 4.78 is 10.6. The number of hydrogen-bond acceptors (Lipinski definition) is 4. The van der Waals surface area contributed by atoms with E-state index >= 15 is 0 Å². The van der Waals surface area contributed by atoms with Gasteiger partial charge in [-0.1, -0.05) is 117 Å². The highest BCUT2D eigenvalue weighted by molar-refractivity contribution is 5.75. The molecule has 0 aromatic rings. The lowest BCUT2D eigenvalue weighted by Gasteiger charge is -2.23. The second kappa shape index (κ2) is 27.0. The molecule has 0 amide bonds. The minimum absolute atomic E-state index is 0.0330. The molecule has 0 fully saturated rings. The minimum Gasteiger partial charge on any atom is -0.466 e. The van der Waals surface area contributed by atoms with Crippen molar-refractivity contribution in [2.24, 2.45) is 5.41 Å². The fraction of sp³-hybridized carbons (Fsp3) is 0.938. The van der Waals surface area contributed by atoms with Gasteiger partial charge in [0.25, 0.3) is 0 Å². The molecule has 0 bridgehead atoms. The number of ether oxygens (including phenoxy) is 2. The van der Waals surface area contributed by atoms with E-state index in [-0.39, 0.29) is 18.0 Å². The Labute approximate surface area is 226 Å². The molecule has 0 radical (unpaired) electrons. The zero-order valence-electron chi connectivity index (χ0n) is 25.6. The third kappa shape index (κ3) is 29.2. The summed E-state index contributed by atoms with van der Waals surface area (Å²) in [4.78, 5) is 22.5. The SMILES string of the molecule is CCCCCCCCCCCC(CCCCCCCC)OC(=O)C(C)(C)C.CCCCCOC(C)=O. The zero-order valence-corrected chi connectivity index (χ0v) is 25.6. The van der Waals surface area contributed by atoms with E-state index < -0.39 is 5.41 Å². The number of unbranched alkanes of at least 4 members (excludes halogenated alkanes) is 15. The molecule has 0 N–H and O–H groups in total. The van der Waals surface area contributed by atoms with Crippen molar-refractivity contribution in [2.75, 3.05) is 6.61 Å². The summed E-state index contributed by atoms with van der Waals surface area (Å²) in [5.41, 5.74) is -0.391. The van der Waals surface area contributed by atoms with Crippen LogP contribution in [0.5, 0.6) is 0 Å². The van der Waals surface area contributed by atoms with Crippen molar-refractivity contribution in [3.63, 3.8) is 0 Å². The molecule has 0 aliphatic carbocycles. The van der Waals surface area contributed by atoms with E-state index in [1.165, 1.54) is 110 Å². The highest BCUT2D eigenvalue weighted by Gasteiger charge is 2.26. The molecule has 0 heterocycles. The van der Waals surface area contributed by atoms with E-state index in [4.69, 9.17) is 9.47 Å². The summed E-state index contributed by atoms with van der Waals surface area (Å²) in [5, 5.41) is 0. The highest BCUT2D eigenvalue weighted by atomic mass is 16.5. The Morgan fingerprint density at radius 1 is 0.583 bits per heavy atom. The highest BCUT2D eigenvalue weighted by Crippen LogP contribution is 2.22. The first-order valence-electron chi connectivity index (χ1n) is 15.5. The number of esters is 2. The van der Waals surface area contributed by atoms with E-state index in [0.29, 0.717) is 6.61 Å². The molecule has 0 saturated heterocycles. The largest absolute Gasteiger partial charge is 0.466 e. The summed E-state index contributed by atoms with van der Waals surface area (Å²) in [7, 11) is 0. The van der Waals surface area contributed by atoms with Gasteiger partial charge in [0.2, 0.25) is 0 Å². The van der Waals surface area contributed by atoms with E-state index in [2.05, 4.69) is 20.8 Å². The van der Waals surface area contributed by atoms with Gasteiger partial charge in [-0.05, 0) is 52.9 Å². The summed E-state index contributed by atoms with van der Waals surface area (Å²) in [5.74, 6) is -0.208. The number of hydrogen-bond donors (Lipinski definition) is 0. The quantitative estimate of drug-likeness (QED) is 0.107. The number of carbonyl (C=O) groups excluding carboxylic acids is 2. The Morgan fingerprint density at radius 3 is 1.31 bits per heavy atom. The molecular weight excluding hydrogens is 448 g/mol. The van der Waals surface area contributed by atoms with E-state index in [9.17, 15) is 9.59 Å². The van der Waals surface area contributed by atoms with Gasteiger partial charge < -0.3 is 9.47 Å². The Hall–Kier alpha value is -1.06. The van der Waals surface area contributed by atoms with Crippen LogP contribution in [0.4, 0.5) is 0 Å². The van der Waals surface area contributed by atoms with Gasteiger partial charge in [-0.2, -0.15) is 0 Å². The molecule has 0 aliphatic rings. The first-order valence-corrected chi connectivity index (χ1v) is 15.5. The minimum atomic E-state index is -0.391. The standard InChI is InChI=1S/C25H50O2.C7H14O2/c1-6-8-10-12-14-15-16-18-20-22-23(27-24(26)25(3,4)5)21-19-17-13-11-9-7-2;1-3-4-5-6-9-7(2)8/h23H,6-22H2,1-5H3;3-6H2,1-2H3. The molecule has 0 spiro atoms. The molecule has 216 valence electrons. The Bertz CT molecular complexity index is 481. The topological polar surface area (TPSA) is 52.6 Å². The molecule has 0 aromatic heterocycles. The monoisotopic (exact) mass is 512 g/mol. The third-order valence-corrected chi connectivity index (χ3v) is 6.45. The molecule has 36 heavy (non-hydrogen) atoms. The molecular formula is C32H64O4. The summed E-state index contributed by atoms with van der Waals surface area (Å²) >= 11 is 0. The lowest BCUT2D eigenvalue weighted by Crippen LogP contribution is -2.28. The van der Waals surface area contributed by atoms with Crippen LogP contribution in [-0.4, -0.2) is 24.6 Å². The van der Waals surface area contributed by atoms with Crippen molar-refractivity contribution in [2.45, 2.75) is 183 Å². The third-order valence-electron chi connectivity index (χ3n) is 6.45. The van der Waals surface area contributed by atoms with Crippen molar-refractivity contribution < 1.29 is 19.1 Å². The fourth-order valence-electron chi connectivity index (χ4n) is 3.99. The Balaban J connectivity index is 0. The van der Waals surface area contributed by atoms with Crippen LogP contribution in [0, 0.1) is 5.41 Å². The molecule has 1 atom stereocenters. The van der Waals surface area contributed by atoms with E-state index in [1.807, 2.05) is 20.8 Å². The zero-order chi connectivity index (χ0) is 27.5. The van der Waals surface area contributed by atoms with E-state index in [0.717, 1.165) is 25.7 Å². The Kier molecular flexibility index (Phi) is 27.8. The molecule has 0 aliphatic heterocycles. The van der Waals surface area contributed by atoms with Crippen LogP contribution in [0.15, 0.2) is 0 Å². The lowest BCUT2D eigenvalue weighted by molar-refractivity contribution is -0.159. The van der Waals surface area contributed by atoms with Crippen LogP contribution in [0.1, 0.15) is 177 Å². The van der Waals surface area contributed by atoms with Gasteiger partial charge in [0, 0.05) is 6.92 Å². The molecule has 4 heteroatoms. The first kappa shape index (κ1) is 37.1. The van der Waals surface area contributed by atoms with Gasteiger partial charge >= 0.3 is 11.9 Å².